The number of hydrogen-bond acceptors (Lipinski definition) is 7. The van der Waals surface area contributed by atoms with Crippen LogP contribution in [0.25, 0.3) is 0 Å². The van der Waals surface area contributed by atoms with Gasteiger partial charge in [-0.05, 0) is 21.0 Å². The average molecular weight is 299 g/mol. The van der Waals surface area contributed by atoms with Gasteiger partial charge in [0, 0.05) is 27.1 Å². The molecule has 1 aromatic rings. The molecule has 0 aliphatic heterocycles. The van der Waals surface area contributed by atoms with Crippen LogP contribution in [0.5, 0.6) is 0 Å². The first kappa shape index (κ1) is 16.6. The largest absolute Gasteiger partial charge is 0.461 e. The van der Waals surface area contributed by atoms with Crippen molar-refractivity contribution in [3.05, 3.63) is 10.6 Å². The zero-order chi connectivity index (χ0) is 15.3. The maximum absolute atomic E-state index is 11.8. The van der Waals surface area contributed by atoms with Crippen molar-refractivity contribution < 1.29 is 14.3 Å². The van der Waals surface area contributed by atoms with Gasteiger partial charge in [0.05, 0.1) is 6.61 Å². The van der Waals surface area contributed by atoms with Gasteiger partial charge in [-0.25, -0.2) is 9.78 Å². The Balaban J connectivity index is 2.96. The van der Waals surface area contributed by atoms with Crippen molar-refractivity contribution >= 4 is 28.2 Å². The van der Waals surface area contributed by atoms with Crippen molar-refractivity contribution in [2.75, 3.05) is 45.7 Å². The number of likely N-dealkylation sites (N-methyl/N-ethyl adjacent to an activating group) is 2. The van der Waals surface area contributed by atoms with Crippen LogP contribution in [0.4, 0.5) is 5.13 Å². The molecule has 0 aliphatic carbocycles. The van der Waals surface area contributed by atoms with E-state index in [1.807, 2.05) is 26.0 Å². The van der Waals surface area contributed by atoms with Gasteiger partial charge in [-0.3, -0.25) is 4.79 Å². The summed E-state index contributed by atoms with van der Waals surface area (Å²) < 4.78 is 4.94. The smallest absolute Gasteiger partial charge is 0.358 e. The highest BCUT2D eigenvalue weighted by atomic mass is 32.1. The van der Waals surface area contributed by atoms with Crippen LogP contribution < -0.4 is 4.90 Å². The molecule has 1 aromatic heterocycles. The van der Waals surface area contributed by atoms with Crippen molar-refractivity contribution in [3.63, 3.8) is 0 Å². The monoisotopic (exact) mass is 299 g/mol. The molecule has 0 saturated carbocycles. The van der Waals surface area contributed by atoms with Crippen molar-refractivity contribution in [3.8, 4) is 0 Å². The maximum Gasteiger partial charge on any atom is 0.358 e. The minimum atomic E-state index is -0.541. The lowest BCUT2D eigenvalue weighted by molar-refractivity contribution is 0.0517. The lowest BCUT2D eigenvalue weighted by Gasteiger charge is -2.18. The molecule has 0 atom stereocenters. The Morgan fingerprint density at radius 3 is 2.40 bits per heavy atom. The van der Waals surface area contributed by atoms with Crippen molar-refractivity contribution in [2.45, 2.75) is 13.8 Å². The second-order valence-corrected chi connectivity index (χ2v) is 5.65. The van der Waals surface area contributed by atoms with Crippen LogP contribution in [0.2, 0.25) is 0 Å². The first-order chi connectivity index (χ1) is 9.36. The summed E-state index contributed by atoms with van der Waals surface area (Å²) in [4.78, 5) is 32.0. The summed E-state index contributed by atoms with van der Waals surface area (Å²) in [6.45, 7) is 5.04. The average Bonchev–Trinajstić information content (AvgIpc) is 2.81. The summed E-state index contributed by atoms with van der Waals surface area (Å²) in [6, 6.07) is 0. The Bertz CT molecular complexity index is 485. The molecule has 0 spiro atoms. The molecule has 7 heteroatoms. The molecule has 0 radical (unpaired) electrons. The fourth-order valence-electron chi connectivity index (χ4n) is 1.49. The van der Waals surface area contributed by atoms with E-state index < -0.39 is 5.97 Å². The minimum absolute atomic E-state index is 0.121. The van der Waals surface area contributed by atoms with Gasteiger partial charge in [-0.2, -0.15) is 0 Å². The van der Waals surface area contributed by atoms with E-state index in [4.69, 9.17) is 4.74 Å². The Morgan fingerprint density at radius 2 is 1.90 bits per heavy atom. The van der Waals surface area contributed by atoms with E-state index in [1.54, 1.807) is 6.92 Å². The first-order valence-electron chi connectivity index (χ1n) is 6.41. The molecule has 1 rings (SSSR count). The molecule has 0 saturated heterocycles. The summed E-state index contributed by atoms with van der Waals surface area (Å²) in [5, 5.41) is 0.653. The van der Waals surface area contributed by atoms with Gasteiger partial charge in [-0.15, -0.1) is 0 Å². The summed E-state index contributed by atoms with van der Waals surface area (Å²) in [5.74, 6) is -0.709. The van der Waals surface area contributed by atoms with Gasteiger partial charge in [0.25, 0.3) is 0 Å². The summed E-state index contributed by atoms with van der Waals surface area (Å²) in [6.07, 6.45) is 0. The number of thiazole rings is 1. The van der Waals surface area contributed by atoms with E-state index in [-0.39, 0.29) is 18.1 Å². The predicted molar refractivity (Wildman–Crippen MR) is 79.9 cm³/mol. The van der Waals surface area contributed by atoms with Gasteiger partial charge in [0.2, 0.25) is 0 Å². The molecule has 6 nitrogen and oxygen atoms in total. The summed E-state index contributed by atoms with van der Waals surface area (Å²) in [7, 11) is 5.86. The summed E-state index contributed by atoms with van der Waals surface area (Å²) in [5.41, 5.74) is 0.121. The van der Waals surface area contributed by atoms with E-state index in [0.29, 0.717) is 10.0 Å². The van der Waals surface area contributed by atoms with Gasteiger partial charge in [0.1, 0.15) is 4.88 Å². The SMILES string of the molecule is CCOC(=O)c1nc(N(C)CCN(C)C)sc1C(C)=O. The molecule has 0 unspecified atom stereocenters. The van der Waals surface area contributed by atoms with Crippen LogP contribution >= 0.6 is 11.3 Å². The molecule has 0 aromatic carbocycles. The number of esters is 1. The van der Waals surface area contributed by atoms with Crippen LogP contribution in [-0.4, -0.2) is 62.5 Å². The van der Waals surface area contributed by atoms with E-state index in [0.717, 1.165) is 13.1 Å². The van der Waals surface area contributed by atoms with E-state index >= 15 is 0 Å². The van der Waals surface area contributed by atoms with Crippen LogP contribution in [0.15, 0.2) is 0 Å². The van der Waals surface area contributed by atoms with E-state index in [1.165, 1.54) is 18.3 Å². The van der Waals surface area contributed by atoms with E-state index in [2.05, 4.69) is 9.88 Å². The number of rotatable bonds is 7. The number of carbonyl (C=O) groups excluding carboxylic acids is 2. The standard InChI is InChI=1S/C13H21N3O3S/c1-6-19-12(18)10-11(9(2)17)20-13(14-10)16(5)8-7-15(3)4/h6-8H2,1-5H3. The molecular formula is C13H21N3O3S. The first-order valence-corrected chi connectivity index (χ1v) is 7.23. The molecular weight excluding hydrogens is 278 g/mol. The molecule has 1 heterocycles. The molecule has 0 aliphatic rings. The second-order valence-electron chi connectivity index (χ2n) is 4.68. The Kier molecular flexibility index (Phi) is 6.09. The quantitative estimate of drug-likeness (QED) is 0.562. The fraction of sp³-hybridized carbons (Fsp3) is 0.615. The number of Topliss-reactive ketones (excluding diaryl/α,β-unsaturated/α-hetero) is 1. The van der Waals surface area contributed by atoms with Crippen LogP contribution in [0.3, 0.4) is 0 Å². The van der Waals surface area contributed by atoms with Crippen molar-refractivity contribution in [1.29, 1.82) is 0 Å². The highest BCUT2D eigenvalue weighted by molar-refractivity contribution is 7.17. The molecule has 112 valence electrons. The lowest BCUT2D eigenvalue weighted by atomic mass is 10.3. The van der Waals surface area contributed by atoms with E-state index in [9.17, 15) is 9.59 Å². The van der Waals surface area contributed by atoms with Gasteiger partial charge >= 0.3 is 5.97 Å². The van der Waals surface area contributed by atoms with Crippen molar-refractivity contribution in [1.82, 2.24) is 9.88 Å². The Labute approximate surface area is 123 Å². The van der Waals surface area contributed by atoms with Crippen LogP contribution in [0, 0.1) is 0 Å². The third-order valence-electron chi connectivity index (χ3n) is 2.61. The second kappa shape index (κ2) is 7.35. The third-order valence-corrected chi connectivity index (χ3v) is 3.88. The number of nitrogens with zero attached hydrogens (tertiary/aromatic N) is 3. The molecule has 0 fully saturated rings. The minimum Gasteiger partial charge on any atom is -0.461 e. The molecule has 0 N–H and O–H groups in total. The van der Waals surface area contributed by atoms with Gasteiger partial charge in [0.15, 0.2) is 16.6 Å². The predicted octanol–water partition coefficient (Wildman–Crippen LogP) is 1.52. The fourth-order valence-corrected chi connectivity index (χ4v) is 2.43. The number of ketones is 1. The van der Waals surface area contributed by atoms with Crippen molar-refractivity contribution in [2.24, 2.45) is 0 Å². The topological polar surface area (TPSA) is 62.7 Å². The third kappa shape index (κ3) is 4.28. The molecule has 0 amide bonds. The molecule has 0 bridgehead atoms. The molecule has 20 heavy (non-hydrogen) atoms. The Morgan fingerprint density at radius 1 is 1.25 bits per heavy atom. The number of anilines is 1. The number of ether oxygens (including phenoxy) is 1. The maximum atomic E-state index is 11.8. The number of aromatic nitrogens is 1. The zero-order valence-electron chi connectivity index (χ0n) is 12.6. The Hall–Kier alpha value is -1.47. The highest BCUT2D eigenvalue weighted by Gasteiger charge is 2.23. The normalized spacial score (nSPS) is 10.7. The van der Waals surface area contributed by atoms with Gasteiger partial charge in [-0.1, -0.05) is 11.3 Å². The van der Waals surface area contributed by atoms with Gasteiger partial charge < -0.3 is 14.5 Å². The highest BCUT2D eigenvalue weighted by Crippen LogP contribution is 2.26. The lowest BCUT2D eigenvalue weighted by Crippen LogP contribution is -2.28. The van der Waals surface area contributed by atoms with Crippen LogP contribution in [-0.2, 0) is 4.74 Å². The van der Waals surface area contributed by atoms with Crippen LogP contribution in [0.1, 0.15) is 34.0 Å². The number of hydrogen-bond donors (Lipinski definition) is 0. The summed E-state index contributed by atoms with van der Waals surface area (Å²) >= 11 is 1.23. The number of carbonyl (C=O) groups is 2. The zero-order valence-corrected chi connectivity index (χ0v) is 13.4.